The lowest BCUT2D eigenvalue weighted by Gasteiger charge is -2.06. The highest BCUT2D eigenvalue weighted by atomic mass is 35.5. The summed E-state index contributed by atoms with van der Waals surface area (Å²) in [5, 5.41) is 12.2. The van der Waals surface area contributed by atoms with E-state index in [0.29, 0.717) is 0 Å². The summed E-state index contributed by atoms with van der Waals surface area (Å²) in [7, 11) is -4.13. The van der Waals surface area contributed by atoms with Crippen LogP contribution >= 0.6 is 11.6 Å². The molecule has 0 saturated carbocycles. The van der Waals surface area contributed by atoms with Gasteiger partial charge in [-0.15, -0.1) is 0 Å². The molecule has 0 spiro atoms. The number of aromatic carboxylic acids is 1. The van der Waals surface area contributed by atoms with Crippen LogP contribution in [0.2, 0.25) is 5.02 Å². The van der Waals surface area contributed by atoms with Gasteiger partial charge in [0.25, 0.3) is 10.0 Å². The summed E-state index contributed by atoms with van der Waals surface area (Å²) in [6, 6.07) is 2.98. The number of hydrogen-bond acceptors (Lipinski definition) is 6. The molecular weight excluding hydrogens is 310 g/mol. The van der Waals surface area contributed by atoms with Gasteiger partial charge in [0.1, 0.15) is 4.90 Å². The molecule has 2 rings (SSSR count). The van der Waals surface area contributed by atoms with E-state index in [0.717, 1.165) is 6.07 Å². The van der Waals surface area contributed by atoms with E-state index in [-0.39, 0.29) is 22.4 Å². The van der Waals surface area contributed by atoms with E-state index in [1.807, 2.05) is 4.72 Å². The first-order valence-electron chi connectivity index (χ1n) is 5.15. The van der Waals surface area contributed by atoms with Gasteiger partial charge in [-0.3, -0.25) is 0 Å². The average molecular weight is 318 g/mol. The molecule has 0 atom stereocenters. The Hall–Kier alpha value is -2.13. The molecule has 0 unspecified atom stereocenters. The number of carboxylic acids is 1. The van der Waals surface area contributed by atoms with E-state index in [4.69, 9.17) is 16.7 Å². The zero-order chi connectivity index (χ0) is 14.9. The first-order chi connectivity index (χ1) is 9.29. The first kappa shape index (κ1) is 14.3. The molecule has 0 aliphatic heterocycles. The normalized spacial score (nSPS) is 11.3. The Morgan fingerprint density at radius 2 is 2.15 bits per heavy atom. The molecular formula is C10H8ClN3O5S. The fourth-order valence-corrected chi connectivity index (χ4v) is 2.80. The van der Waals surface area contributed by atoms with Crippen molar-refractivity contribution in [3.05, 3.63) is 34.6 Å². The van der Waals surface area contributed by atoms with Gasteiger partial charge in [-0.2, -0.15) is 4.98 Å². The molecule has 2 aromatic rings. The molecule has 20 heavy (non-hydrogen) atoms. The molecule has 0 fully saturated rings. The number of aromatic nitrogens is 2. The first-order valence-corrected chi connectivity index (χ1v) is 7.01. The molecule has 1 heterocycles. The van der Waals surface area contributed by atoms with Gasteiger partial charge in [-0.1, -0.05) is 16.8 Å². The van der Waals surface area contributed by atoms with Crippen LogP contribution in [0.25, 0.3) is 0 Å². The molecule has 1 aromatic carbocycles. The van der Waals surface area contributed by atoms with E-state index in [1.54, 1.807) is 0 Å². The molecule has 10 heteroatoms. The molecule has 8 nitrogen and oxygen atoms in total. The van der Waals surface area contributed by atoms with Crippen molar-refractivity contribution in [1.29, 1.82) is 0 Å². The molecule has 0 bridgehead atoms. The minimum Gasteiger partial charge on any atom is -0.478 e. The Morgan fingerprint density at radius 3 is 2.70 bits per heavy atom. The van der Waals surface area contributed by atoms with Crippen LogP contribution < -0.4 is 4.72 Å². The Kier molecular flexibility index (Phi) is 3.64. The van der Waals surface area contributed by atoms with Gasteiger partial charge in [0.15, 0.2) is 5.82 Å². The second kappa shape index (κ2) is 5.10. The van der Waals surface area contributed by atoms with E-state index in [2.05, 4.69) is 14.7 Å². The molecule has 0 aliphatic rings. The van der Waals surface area contributed by atoms with Gasteiger partial charge in [0.2, 0.25) is 0 Å². The maximum Gasteiger partial charge on any atom is 0.335 e. The van der Waals surface area contributed by atoms with Crippen LogP contribution in [0.1, 0.15) is 16.2 Å². The van der Waals surface area contributed by atoms with E-state index >= 15 is 0 Å². The zero-order valence-corrected chi connectivity index (χ0v) is 11.6. The number of nitrogens with one attached hydrogen (secondary N) is 1. The third-order valence-corrected chi connectivity index (χ3v) is 4.02. The van der Waals surface area contributed by atoms with E-state index in [1.165, 1.54) is 19.1 Å². The average Bonchev–Trinajstić information content (AvgIpc) is 2.73. The lowest BCUT2D eigenvalue weighted by Crippen LogP contribution is -2.14. The van der Waals surface area contributed by atoms with Crippen molar-refractivity contribution >= 4 is 33.6 Å². The van der Waals surface area contributed by atoms with Gasteiger partial charge in [-0.25, -0.2) is 17.9 Å². The van der Waals surface area contributed by atoms with Gasteiger partial charge >= 0.3 is 12.0 Å². The minimum absolute atomic E-state index is 0.126. The fraction of sp³-hybridized carbons (Fsp3) is 0.100. The number of aryl methyl sites for hydroxylation is 1. The van der Waals surface area contributed by atoms with Crippen LogP contribution in [0, 0.1) is 6.92 Å². The van der Waals surface area contributed by atoms with Crippen molar-refractivity contribution in [3.8, 4) is 0 Å². The summed E-state index contributed by atoms with van der Waals surface area (Å²) < 4.78 is 30.8. The van der Waals surface area contributed by atoms with Crippen molar-refractivity contribution in [1.82, 2.24) is 10.1 Å². The summed E-state index contributed by atoms with van der Waals surface area (Å²) >= 11 is 5.78. The summed E-state index contributed by atoms with van der Waals surface area (Å²) in [5.74, 6) is -1.03. The number of rotatable bonds is 4. The fourth-order valence-electron chi connectivity index (χ4n) is 1.35. The lowest BCUT2D eigenvalue weighted by molar-refractivity contribution is 0.0696. The monoisotopic (exact) mass is 317 g/mol. The van der Waals surface area contributed by atoms with Crippen molar-refractivity contribution < 1.29 is 22.8 Å². The molecule has 106 valence electrons. The second-order valence-electron chi connectivity index (χ2n) is 3.70. The third kappa shape index (κ3) is 2.89. The van der Waals surface area contributed by atoms with Crippen LogP contribution in [0.15, 0.2) is 27.6 Å². The maximum absolute atomic E-state index is 12.1. The Balaban J connectivity index is 2.43. The topological polar surface area (TPSA) is 122 Å². The summed E-state index contributed by atoms with van der Waals surface area (Å²) in [5.41, 5.74) is -0.212. The Bertz CT molecular complexity index is 771. The second-order valence-corrected chi connectivity index (χ2v) is 5.76. The molecule has 0 saturated heterocycles. The number of nitrogens with zero attached hydrogens (tertiary/aromatic N) is 2. The number of benzene rings is 1. The highest BCUT2D eigenvalue weighted by Gasteiger charge is 2.22. The molecule has 1 aromatic heterocycles. The zero-order valence-electron chi connectivity index (χ0n) is 9.99. The van der Waals surface area contributed by atoms with E-state index < -0.39 is 20.9 Å². The third-order valence-electron chi connectivity index (χ3n) is 2.22. The van der Waals surface area contributed by atoms with Gasteiger partial charge in [0.05, 0.1) is 10.6 Å². The van der Waals surface area contributed by atoms with Crippen LogP contribution in [0.3, 0.4) is 0 Å². The standard InChI is InChI=1S/C10H8ClN3O5S/c1-5-12-10(19-13-5)14-20(17,18)8-4-6(9(15)16)2-3-7(8)11/h2-4H,1H3,(H,15,16)(H,12,13,14). The Labute approximate surface area is 118 Å². The van der Waals surface area contributed by atoms with Crippen LogP contribution in [-0.4, -0.2) is 29.6 Å². The number of halogens is 1. The molecule has 0 amide bonds. The maximum atomic E-state index is 12.1. The summed E-state index contributed by atoms with van der Waals surface area (Å²) in [6.45, 7) is 1.51. The number of carbonyl (C=O) groups is 1. The quantitative estimate of drug-likeness (QED) is 0.876. The van der Waals surface area contributed by atoms with Crippen molar-refractivity contribution in [2.75, 3.05) is 4.72 Å². The number of sulfonamides is 1. The van der Waals surface area contributed by atoms with Crippen molar-refractivity contribution in [2.24, 2.45) is 0 Å². The SMILES string of the molecule is Cc1noc(NS(=O)(=O)c2cc(C(=O)O)ccc2Cl)n1. The lowest BCUT2D eigenvalue weighted by atomic mass is 10.2. The predicted octanol–water partition coefficient (Wildman–Crippen LogP) is 1.53. The van der Waals surface area contributed by atoms with Crippen LogP contribution in [0.5, 0.6) is 0 Å². The minimum atomic E-state index is -4.13. The van der Waals surface area contributed by atoms with E-state index in [9.17, 15) is 13.2 Å². The smallest absolute Gasteiger partial charge is 0.335 e. The Morgan fingerprint density at radius 1 is 1.45 bits per heavy atom. The predicted molar refractivity (Wildman–Crippen MR) is 68.3 cm³/mol. The van der Waals surface area contributed by atoms with Gasteiger partial charge in [-0.05, 0) is 25.1 Å². The summed E-state index contributed by atoms with van der Waals surface area (Å²) in [6.07, 6.45) is 0. The van der Waals surface area contributed by atoms with Crippen molar-refractivity contribution in [2.45, 2.75) is 11.8 Å². The highest BCUT2D eigenvalue weighted by Crippen LogP contribution is 2.24. The highest BCUT2D eigenvalue weighted by molar-refractivity contribution is 7.92. The number of hydrogen-bond donors (Lipinski definition) is 2. The summed E-state index contributed by atoms with van der Waals surface area (Å²) in [4.78, 5) is 14.1. The molecule has 0 aliphatic carbocycles. The molecule has 2 N–H and O–H groups in total. The molecule has 0 radical (unpaired) electrons. The number of anilines is 1. The van der Waals surface area contributed by atoms with Gasteiger partial charge < -0.3 is 9.63 Å². The van der Waals surface area contributed by atoms with Crippen molar-refractivity contribution in [3.63, 3.8) is 0 Å². The largest absolute Gasteiger partial charge is 0.478 e. The van der Waals surface area contributed by atoms with Crippen LogP contribution in [0.4, 0.5) is 6.01 Å². The number of carboxylic acid groups (broad SMARTS) is 1. The van der Waals surface area contributed by atoms with Crippen LogP contribution in [-0.2, 0) is 10.0 Å². The van der Waals surface area contributed by atoms with Gasteiger partial charge in [0, 0.05) is 0 Å².